The van der Waals surface area contributed by atoms with E-state index >= 15 is 0 Å². The van der Waals surface area contributed by atoms with Crippen LogP contribution in [0.1, 0.15) is 27.7 Å². The zero-order valence-electron chi connectivity index (χ0n) is 12.6. The molecule has 0 atom stereocenters. The van der Waals surface area contributed by atoms with Crippen molar-refractivity contribution in [2.24, 2.45) is 0 Å². The van der Waals surface area contributed by atoms with E-state index in [1.165, 1.54) is 0 Å². The van der Waals surface area contributed by atoms with E-state index in [2.05, 4.69) is 27.7 Å². The quantitative estimate of drug-likeness (QED) is 0.769. The predicted octanol–water partition coefficient (Wildman–Crippen LogP) is 3.49. The van der Waals surface area contributed by atoms with Crippen molar-refractivity contribution in [1.29, 1.82) is 0 Å². The molecule has 16 heavy (non-hydrogen) atoms. The van der Waals surface area contributed by atoms with Crippen LogP contribution in [0.4, 0.5) is 0 Å². The van der Waals surface area contributed by atoms with Gasteiger partial charge in [-0.25, -0.2) is 0 Å². The van der Waals surface area contributed by atoms with Gasteiger partial charge in [-0.1, -0.05) is 0 Å². The molecule has 104 valence electrons. The second-order valence-corrected chi connectivity index (χ2v) is 20.0. The maximum atomic E-state index is 10.3. The first kappa shape index (κ1) is 19.1. The van der Waals surface area contributed by atoms with E-state index in [0.29, 0.717) is 0 Å². The second-order valence-electron chi connectivity index (χ2n) is 6.66. The van der Waals surface area contributed by atoms with Gasteiger partial charge in [0, 0.05) is 0 Å². The van der Waals surface area contributed by atoms with Crippen molar-refractivity contribution >= 4 is 13.7 Å². The van der Waals surface area contributed by atoms with Gasteiger partial charge in [-0.05, 0) is 0 Å². The summed E-state index contributed by atoms with van der Waals surface area (Å²) in [5.41, 5.74) is 0. The third kappa shape index (κ3) is 9.97. The van der Waals surface area contributed by atoms with E-state index in [1.54, 1.807) is 0 Å². The minimum absolute atomic E-state index is 0.995. The van der Waals surface area contributed by atoms with Gasteiger partial charge < -0.3 is 0 Å². The first-order valence-electron chi connectivity index (χ1n) is 6.28. The maximum absolute atomic E-state index is 10.3. The summed E-state index contributed by atoms with van der Waals surface area (Å²) in [5, 5.41) is 0. The molecule has 0 amide bonds. The van der Waals surface area contributed by atoms with Gasteiger partial charge in [0.25, 0.3) is 0 Å². The Morgan fingerprint density at radius 2 is 0.750 bits per heavy atom. The summed E-state index contributed by atoms with van der Waals surface area (Å²) < 4.78 is 0. The van der Waals surface area contributed by atoms with E-state index < -0.39 is 13.7 Å². The molecule has 2 N–H and O–H groups in total. The Hall–Kier alpha value is 0.780. The summed E-state index contributed by atoms with van der Waals surface area (Å²) in [6, 6.07) is 0. The molecule has 0 aromatic carbocycles. The molecule has 0 aromatic rings. The monoisotopic (exact) mass is 272 g/mol. The van der Waals surface area contributed by atoms with Crippen molar-refractivity contribution in [1.82, 2.24) is 0 Å². The van der Waals surface area contributed by atoms with Gasteiger partial charge in [0.15, 0.2) is 0 Å². The molecule has 0 unspecified atom stereocenters. The second kappa shape index (κ2) is 5.61. The van der Waals surface area contributed by atoms with Crippen molar-refractivity contribution in [3.63, 3.8) is 0 Å². The molecule has 0 aromatic heterocycles. The zero-order valence-corrected chi connectivity index (χ0v) is 14.4. The van der Waals surface area contributed by atoms with Crippen LogP contribution in [-0.2, 0) is 0 Å². The molecule has 0 spiro atoms. The van der Waals surface area contributed by atoms with Crippen LogP contribution in [0.15, 0.2) is 0 Å². The molecule has 0 saturated heterocycles. The Bertz CT molecular complexity index is 172. The fourth-order valence-electron chi connectivity index (χ4n) is 1.34. The van der Waals surface area contributed by atoms with E-state index in [1.807, 2.05) is 26.7 Å². The molecular formula is C12H34O2P2. The summed E-state index contributed by atoms with van der Waals surface area (Å²) in [7, 11) is 0. The van der Waals surface area contributed by atoms with Gasteiger partial charge in [-0.15, -0.1) is 0 Å². The van der Waals surface area contributed by atoms with Gasteiger partial charge in [-0.2, -0.15) is 0 Å². The molecule has 0 fully saturated rings. The molecule has 2 nitrogen and oxygen atoms in total. The Balaban J connectivity index is 0. The Labute approximate surface area is 103 Å². The molecule has 0 bridgehead atoms. The van der Waals surface area contributed by atoms with Crippen molar-refractivity contribution in [3.8, 4) is 0 Å². The fourth-order valence-corrected chi connectivity index (χ4v) is 4.02. The van der Waals surface area contributed by atoms with E-state index in [4.69, 9.17) is 4.89 Å². The Kier molecular flexibility index (Phi) is 6.71. The van der Waals surface area contributed by atoms with Crippen molar-refractivity contribution in [3.05, 3.63) is 0 Å². The molecule has 0 aliphatic carbocycles. The third-order valence-electron chi connectivity index (χ3n) is 3.25. The summed E-state index contributed by atoms with van der Waals surface area (Å²) >= 11 is 0. The van der Waals surface area contributed by atoms with Crippen LogP contribution in [0.5, 0.6) is 0 Å². The molecule has 0 aliphatic rings. The van der Waals surface area contributed by atoms with Crippen LogP contribution in [0.2, 0.25) is 0 Å². The van der Waals surface area contributed by atoms with Gasteiger partial charge in [0.05, 0.1) is 0 Å². The molecule has 0 aliphatic heterocycles. The molecule has 0 heterocycles. The molecular weight excluding hydrogens is 238 g/mol. The van der Waals surface area contributed by atoms with Gasteiger partial charge in [0.2, 0.25) is 0 Å². The van der Waals surface area contributed by atoms with Crippen LogP contribution in [0.3, 0.4) is 0 Å². The van der Waals surface area contributed by atoms with Crippen molar-refractivity contribution in [2.45, 2.75) is 27.7 Å². The third-order valence-corrected chi connectivity index (χ3v) is 9.75. The standard InChI is InChI=1S/C8H21OP.C4H13OP/c1-5-10(9,6-2,7-3)8-4;1-6(2,3,4)5/h9H,5-8H2,1-4H3;5H,1-4H3. The van der Waals surface area contributed by atoms with Gasteiger partial charge in [0.1, 0.15) is 0 Å². The average Bonchev–Trinajstić information content (AvgIpc) is 2.14. The normalized spacial score (nSPS) is 17.4. The number of hydrogen-bond acceptors (Lipinski definition) is 2. The van der Waals surface area contributed by atoms with E-state index in [0.717, 1.165) is 24.6 Å². The van der Waals surface area contributed by atoms with Crippen LogP contribution < -0.4 is 0 Å². The van der Waals surface area contributed by atoms with Gasteiger partial charge >= 0.3 is 102 Å². The summed E-state index contributed by atoms with van der Waals surface area (Å²) in [5.74, 6) is 0. The minimum atomic E-state index is -2.15. The first-order valence-corrected chi connectivity index (χ1v) is 13.2. The van der Waals surface area contributed by atoms with Crippen molar-refractivity contribution in [2.75, 3.05) is 51.3 Å². The zero-order chi connectivity index (χ0) is 13.7. The topological polar surface area (TPSA) is 40.5 Å². The van der Waals surface area contributed by atoms with E-state index in [9.17, 15) is 4.89 Å². The summed E-state index contributed by atoms with van der Waals surface area (Å²) in [4.78, 5) is 19.5. The molecule has 0 saturated carbocycles. The van der Waals surface area contributed by atoms with Crippen LogP contribution in [0, 0.1) is 0 Å². The van der Waals surface area contributed by atoms with Crippen LogP contribution >= 0.6 is 13.7 Å². The van der Waals surface area contributed by atoms with Crippen LogP contribution in [-0.4, -0.2) is 61.1 Å². The van der Waals surface area contributed by atoms with Crippen LogP contribution in [0.25, 0.3) is 0 Å². The summed E-state index contributed by atoms with van der Waals surface area (Å²) in [6.45, 7) is 11.9. The molecule has 0 radical (unpaired) electrons. The molecule has 4 heteroatoms. The Morgan fingerprint density at radius 3 is 0.750 bits per heavy atom. The number of hydrogen-bond donors (Lipinski definition) is 2. The predicted molar refractivity (Wildman–Crippen MR) is 84.1 cm³/mol. The summed E-state index contributed by atoms with van der Waals surface area (Å²) in [6.07, 6.45) is 3.98. The Morgan fingerprint density at radius 1 is 0.625 bits per heavy atom. The van der Waals surface area contributed by atoms with Crippen molar-refractivity contribution < 1.29 is 9.79 Å². The number of rotatable bonds is 4. The SMILES string of the molecule is CCP(O)(CC)(CC)CC.CP(C)(C)(C)O. The molecule has 0 rings (SSSR count). The fraction of sp³-hybridized carbons (Fsp3) is 1.00. The average molecular weight is 272 g/mol. The van der Waals surface area contributed by atoms with Gasteiger partial charge in [-0.3, -0.25) is 0 Å². The first-order chi connectivity index (χ1) is 6.78. The van der Waals surface area contributed by atoms with E-state index in [-0.39, 0.29) is 0 Å².